The number of alkyl halides is 2. The predicted molar refractivity (Wildman–Crippen MR) is 74.6 cm³/mol. The zero-order valence-electron chi connectivity index (χ0n) is 11.8. The Morgan fingerprint density at radius 1 is 1.09 bits per heavy atom. The molecule has 0 amide bonds. The van der Waals surface area contributed by atoms with Crippen LogP contribution in [-0.2, 0) is 16.1 Å². The van der Waals surface area contributed by atoms with Gasteiger partial charge in [0.25, 0.3) is 0 Å². The van der Waals surface area contributed by atoms with Gasteiger partial charge in [-0.05, 0) is 23.8 Å². The molecule has 0 unspecified atom stereocenters. The van der Waals surface area contributed by atoms with Gasteiger partial charge in [-0.25, -0.2) is 4.79 Å². The van der Waals surface area contributed by atoms with Crippen LogP contribution in [-0.4, -0.2) is 19.4 Å². The number of carbonyl (C=O) groups is 1. The average Bonchev–Trinajstić information content (AvgIpc) is 2.53. The van der Waals surface area contributed by atoms with Crippen molar-refractivity contribution in [3.63, 3.8) is 0 Å². The highest BCUT2D eigenvalue weighted by Gasteiger charge is 2.34. The van der Waals surface area contributed by atoms with E-state index in [-0.39, 0.29) is 17.9 Å². The Balaban J connectivity index is 2.00. The molecule has 0 fully saturated rings. The summed E-state index contributed by atoms with van der Waals surface area (Å²) >= 11 is 0. The third kappa shape index (κ3) is 4.53. The van der Waals surface area contributed by atoms with Crippen LogP contribution in [0, 0.1) is 0 Å². The van der Waals surface area contributed by atoms with Crippen molar-refractivity contribution in [2.45, 2.75) is 12.9 Å². The Labute approximate surface area is 126 Å². The van der Waals surface area contributed by atoms with E-state index in [4.69, 9.17) is 0 Å². The van der Waals surface area contributed by atoms with Gasteiger partial charge in [0, 0.05) is 0 Å². The molecule has 2 rings (SSSR count). The van der Waals surface area contributed by atoms with Crippen LogP contribution in [0.5, 0.6) is 5.75 Å². The van der Waals surface area contributed by atoms with Crippen molar-refractivity contribution in [2.24, 2.45) is 0 Å². The number of halogens is 2. The van der Waals surface area contributed by atoms with E-state index in [2.05, 4.69) is 14.2 Å². The van der Waals surface area contributed by atoms with Gasteiger partial charge in [0.05, 0.1) is 19.3 Å². The van der Waals surface area contributed by atoms with Gasteiger partial charge >= 0.3 is 12.3 Å². The molecule has 2 aromatic carbocycles. The second-order valence-electron chi connectivity index (χ2n) is 4.36. The fourth-order valence-electron chi connectivity index (χ4n) is 1.71. The second kappa shape index (κ2) is 7.00. The largest absolute Gasteiger partial charge is 0.535 e. The summed E-state index contributed by atoms with van der Waals surface area (Å²) < 4.78 is 40.8. The number of ether oxygens (including phenoxy) is 3. The van der Waals surface area contributed by atoms with Crippen molar-refractivity contribution in [2.75, 3.05) is 7.11 Å². The first-order valence-corrected chi connectivity index (χ1v) is 6.43. The lowest BCUT2D eigenvalue weighted by Crippen LogP contribution is -2.28. The first kappa shape index (κ1) is 15.9. The smallest absolute Gasteiger partial charge is 0.465 e. The van der Waals surface area contributed by atoms with E-state index < -0.39 is 12.3 Å². The van der Waals surface area contributed by atoms with Crippen LogP contribution in [0.25, 0.3) is 0 Å². The third-order valence-corrected chi connectivity index (χ3v) is 2.74. The van der Waals surface area contributed by atoms with Crippen molar-refractivity contribution < 1.29 is 27.8 Å². The lowest BCUT2D eigenvalue weighted by atomic mass is 10.2. The number of esters is 1. The Morgan fingerprint density at radius 3 is 2.50 bits per heavy atom. The van der Waals surface area contributed by atoms with E-state index in [0.717, 1.165) is 6.07 Å². The van der Waals surface area contributed by atoms with Gasteiger partial charge in [0.2, 0.25) is 0 Å². The molecular weight excluding hydrogens is 294 g/mol. The van der Waals surface area contributed by atoms with Crippen molar-refractivity contribution in [3.05, 3.63) is 65.7 Å². The van der Waals surface area contributed by atoms with Crippen LogP contribution in [0.3, 0.4) is 0 Å². The zero-order valence-corrected chi connectivity index (χ0v) is 11.8. The molecule has 2 aromatic rings. The van der Waals surface area contributed by atoms with Gasteiger partial charge in [0.15, 0.2) is 0 Å². The Kier molecular flexibility index (Phi) is 5.06. The van der Waals surface area contributed by atoms with Gasteiger partial charge in [-0.3, -0.25) is 4.74 Å². The van der Waals surface area contributed by atoms with Gasteiger partial charge in [-0.1, -0.05) is 36.4 Å². The lowest BCUT2D eigenvalue weighted by Gasteiger charge is -2.17. The lowest BCUT2D eigenvalue weighted by molar-refractivity contribution is -0.358. The fourth-order valence-corrected chi connectivity index (χ4v) is 1.71. The van der Waals surface area contributed by atoms with Crippen LogP contribution in [0.15, 0.2) is 54.6 Å². The monoisotopic (exact) mass is 308 g/mol. The minimum absolute atomic E-state index is 0.110. The van der Waals surface area contributed by atoms with Crippen molar-refractivity contribution in [3.8, 4) is 5.75 Å². The molecule has 116 valence electrons. The molecule has 0 bridgehead atoms. The first-order chi connectivity index (χ1) is 10.5. The molecule has 22 heavy (non-hydrogen) atoms. The van der Waals surface area contributed by atoms with Crippen LogP contribution in [0.1, 0.15) is 15.9 Å². The molecule has 0 saturated carbocycles. The molecule has 0 spiro atoms. The topological polar surface area (TPSA) is 44.8 Å². The number of carbonyl (C=O) groups excluding carboxylic acids is 1. The average molecular weight is 308 g/mol. The van der Waals surface area contributed by atoms with E-state index in [9.17, 15) is 13.6 Å². The molecule has 0 aliphatic carbocycles. The number of hydrogen-bond acceptors (Lipinski definition) is 4. The third-order valence-electron chi connectivity index (χ3n) is 2.74. The summed E-state index contributed by atoms with van der Waals surface area (Å²) in [6.45, 7) is -0.301. The van der Waals surface area contributed by atoms with Crippen molar-refractivity contribution in [1.29, 1.82) is 0 Å². The van der Waals surface area contributed by atoms with E-state index in [1.165, 1.54) is 25.3 Å². The minimum atomic E-state index is -3.81. The summed E-state index contributed by atoms with van der Waals surface area (Å²) in [6, 6.07) is 13.8. The number of methoxy groups -OCH3 is 1. The summed E-state index contributed by atoms with van der Waals surface area (Å²) in [5.74, 6) is -0.833. The molecule has 0 heterocycles. The summed E-state index contributed by atoms with van der Waals surface area (Å²) in [4.78, 5) is 11.3. The van der Waals surface area contributed by atoms with E-state index in [0.29, 0.717) is 5.56 Å². The quantitative estimate of drug-likeness (QED) is 0.604. The molecule has 0 aliphatic heterocycles. The first-order valence-electron chi connectivity index (χ1n) is 6.43. The maximum Gasteiger partial charge on any atom is 0.535 e. The van der Waals surface area contributed by atoms with Crippen molar-refractivity contribution >= 4 is 5.97 Å². The highest BCUT2D eigenvalue weighted by Crippen LogP contribution is 2.25. The molecule has 0 N–H and O–H groups in total. The Morgan fingerprint density at radius 2 is 1.82 bits per heavy atom. The number of hydrogen-bond donors (Lipinski definition) is 0. The molecule has 0 aliphatic rings. The Bertz CT molecular complexity index is 629. The van der Waals surface area contributed by atoms with E-state index in [1.54, 1.807) is 30.3 Å². The van der Waals surface area contributed by atoms with Gasteiger partial charge < -0.3 is 9.47 Å². The fraction of sp³-hybridized carbons (Fsp3) is 0.188. The predicted octanol–water partition coefficient (Wildman–Crippen LogP) is 3.62. The molecular formula is C16H14F2O4. The summed E-state index contributed by atoms with van der Waals surface area (Å²) in [5.41, 5.74) is 0.702. The van der Waals surface area contributed by atoms with E-state index >= 15 is 0 Å². The Hall–Kier alpha value is -2.47. The molecule has 0 radical (unpaired) electrons. The highest BCUT2D eigenvalue weighted by atomic mass is 19.3. The summed E-state index contributed by atoms with van der Waals surface area (Å²) in [7, 11) is 1.20. The van der Waals surface area contributed by atoms with Crippen LogP contribution in [0.2, 0.25) is 0 Å². The van der Waals surface area contributed by atoms with E-state index in [1.807, 2.05) is 0 Å². The summed E-state index contributed by atoms with van der Waals surface area (Å²) in [6.07, 6.45) is -3.81. The van der Waals surface area contributed by atoms with Crippen molar-refractivity contribution in [1.82, 2.24) is 0 Å². The molecule has 0 aromatic heterocycles. The molecule has 0 saturated heterocycles. The number of benzene rings is 2. The highest BCUT2D eigenvalue weighted by molar-refractivity contribution is 5.89. The molecule has 6 heteroatoms. The minimum Gasteiger partial charge on any atom is -0.465 e. The molecule has 0 atom stereocenters. The standard InChI is InChI=1S/C16H14F2O4/c1-20-15(19)13-8-5-9-14(10-13)22-16(17,18)21-11-12-6-3-2-4-7-12/h2-10H,11H2,1H3. The summed E-state index contributed by atoms with van der Waals surface area (Å²) in [5, 5.41) is 0. The van der Waals surface area contributed by atoms with Crippen LogP contribution < -0.4 is 4.74 Å². The van der Waals surface area contributed by atoms with Crippen LogP contribution >= 0.6 is 0 Å². The normalized spacial score (nSPS) is 11.0. The molecule has 4 nitrogen and oxygen atoms in total. The maximum atomic E-state index is 13.6. The maximum absolute atomic E-state index is 13.6. The van der Waals surface area contributed by atoms with Gasteiger partial charge in [-0.15, -0.1) is 8.78 Å². The SMILES string of the molecule is COC(=O)c1cccc(OC(F)(F)OCc2ccccc2)c1. The van der Waals surface area contributed by atoms with Crippen LogP contribution in [0.4, 0.5) is 8.78 Å². The zero-order chi connectivity index (χ0) is 16.0. The second-order valence-corrected chi connectivity index (χ2v) is 4.36. The number of rotatable bonds is 6. The van der Waals surface area contributed by atoms with Gasteiger partial charge in [0.1, 0.15) is 5.75 Å². The van der Waals surface area contributed by atoms with Gasteiger partial charge in [-0.2, -0.15) is 0 Å².